The van der Waals surface area contributed by atoms with Gasteiger partial charge in [-0.05, 0) is 59.7 Å². The van der Waals surface area contributed by atoms with Crippen LogP contribution in [0.2, 0.25) is 0 Å². The van der Waals surface area contributed by atoms with E-state index in [9.17, 15) is 24.0 Å². The smallest absolute Gasteiger partial charge is 0.326 e. The number of thioether (sulfide) groups is 1. The van der Waals surface area contributed by atoms with Gasteiger partial charge in [0.05, 0.1) is 4.91 Å². The average Bonchev–Trinajstić information content (AvgIpc) is 3.12. The normalized spacial score (nSPS) is 15.0. The molecule has 2 aromatic rings. The van der Waals surface area contributed by atoms with Crippen molar-refractivity contribution in [2.75, 3.05) is 5.32 Å². The number of benzene rings is 2. The molecule has 0 bridgehead atoms. The van der Waals surface area contributed by atoms with Crippen molar-refractivity contribution in [3.8, 4) is 0 Å². The number of carbonyl (C=O) groups is 5. The van der Waals surface area contributed by atoms with Crippen molar-refractivity contribution in [3.63, 3.8) is 0 Å². The zero-order chi connectivity index (χ0) is 24.7. The molecule has 10 nitrogen and oxygen atoms in total. The fourth-order valence-electron chi connectivity index (χ4n) is 3.01. The maximum Gasteiger partial charge on any atom is 0.326 e. The van der Waals surface area contributed by atoms with Gasteiger partial charge in [0, 0.05) is 24.2 Å². The van der Waals surface area contributed by atoms with Crippen molar-refractivity contribution in [1.82, 2.24) is 10.6 Å². The fourth-order valence-corrected chi connectivity index (χ4v) is 3.70. The molecule has 1 aliphatic rings. The fraction of sp³-hybridized carbons (Fsp3) is 0.174. The minimum absolute atomic E-state index is 0.210. The summed E-state index contributed by atoms with van der Waals surface area (Å²) in [4.78, 5) is 57.4. The first-order valence-corrected chi connectivity index (χ1v) is 11.0. The van der Waals surface area contributed by atoms with Crippen LogP contribution in [-0.4, -0.2) is 45.2 Å². The molecule has 5 N–H and O–H groups in total. The molecule has 0 aromatic heterocycles. The third-order valence-corrected chi connectivity index (χ3v) is 5.62. The highest BCUT2D eigenvalue weighted by atomic mass is 32.2. The van der Waals surface area contributed by atoms with Crippen molar-refractivity contribution in [3.05, 3.63) is 70.1 Å². The molecule has 34 heavy (non-hydrogen) atoms. The van der Waals surface area contributed by atoms with E-state index in [0.29, 0.717) is 11.4 Å². The van der Waals surface area contributed by atoms with E-state index < -0.39 is 35.0 Å². The number of hydrogen-bond donors (Lipinski definition) is 5. The molecule has 3 amide bonds. The molecular weight excluding hydrogens is 462 g/mol. The summed E-state index contributed by atoms with van der Waals surface area (Å²) in [5, 5.41) is 25.2. The first-order valence-electron chi connectivity index (χ1n) is 10.1. The minimum Gasteiger partial charge on any atom is -0.481 e. The topological polar surface area (TPSA) is 162 Å². The molecule has 0 radical (unpaired) electrons. The van der Waals surface area contributed by atoms with Crippen LogP contribution >= 0.6 is 11.8 Å². The second-order valence-electron chi connectivity index (χ2n) is 7.32. The van der Waals surface area contributed by atoms with E-state index in [4.69, 9.17) is 10.2 Å². The summed E-state index contributed by atoms with van der Waals surface area (Å²) < 4.78 is 0. The lowest BCUT2D eigenvalue weighted by atomic mass is 10.1. The molecule has 3 rings (SSSR count). The van der Waals surface area contributed by atoms with Crippen LogP contribution in [0.3, 0.4) is 0 Å². The number of amides is 3. The molecule has 2 aromatic carbocycles. The molecule has 1 aliphatic heterocycles. The summed E-state index contributed by atoms with van der Waals surface area (Å²) in [6.07, 6.45) is 1.06. The lowest BCUT2D eigenvalue weighted by Gasteiger charge is -2.14. The SMILES string of the molecule is O=C(O)CC[C@@H](NC(=O)c1ccc(CNc2ccc(/C=C3\SC(=O)NC3=O)cc2)cc1)C(=O)O. The Morgan fingerprint density at radius 3 is 2.24 bits per heavy atom. The monoisotopic (exact) mass is 483 g/mol. The lowest BCUT2D eigenvalue weighted by molar-refractivity contribution is -0.140. The molecule has 1 heterocycles. The number of hydrogen-bond acceptors (Lipinski definition) is 7. The van der Waals surface area contributed by atoms with E-state index >= 15 is 0 Å². The molecule has 0 spiro atoms. The second kappa shape index (κ2) is 11.1. The van der Waals surface area contributed by atoms with Crippen molar-refractivity contribution < 1.29 is 34.2 Å². The summed E-state index contributed by atoms with van der Waals surface area (Å²) in [5.74, 6) is -3.44. The predicted molar refractivity (Wildman–Crippen MR) is 125 cm³/mol. The van der Waals surface area contributed by atoms with Gasteiger partial charge in [0.25, 0.3) is 17.1 Å². The van der Waals surface area contributed by atoms with Crippen LogP contribution in [0.5, 0.6) is 0 Å². The van der Waals surface area contributed by atoms with Crippen molar-refractivity contribution in [2.45, 2.75) is 25.4 Å². The van der Waals surface area contributed by atoms with E-state index in [1.807, 2.05) is 24.3 Å². The quantitative estimate of drug-likeness (QED) is 0.320. The maximum atomic E-state index is 12.3. The van der Waals surface area contributed by atoms with Gasteiger partial charge >= 0.3 is 11.9 Å². The number of aliphatic carboxylic acids is 2. The molecule has 0 saturated carbocycles. The molecular formula is C23H21N3O7S. The Morgan fingerprint density at radius 2 is 1.68 bits per heavy atom. The van der Waals surface area contributed by atoms with E-state index in [1.165, 1.54) is 0 Å². The molecule has 1 fully saturated rings. The van der Waals surface area contributed by atoms with Crippen LogP contribution in [0.15, 0.2) is 53.4 Å². The molecule has 1 atom stereocenters. The van der Waals surface area contributed by atoms with Crippen molar-refractivity contribution >= 4 is 52.5 Å². The number of carbonyl (C=O) groups excluding carboxylic acids is 3. The predicted octanol–water partition coefficient (Wildman–Crippen LogP) is 2.67. The Morgan fingerprint density at radius 1 is 1.00 bits per heavy atom. The average molecular weight is 484 g/mol. The number of anilines is 1. The second-order valence-corrected chi connectivity index (χ2v) is 8.34. The van der Waals surface area contributed by atoms with Crippen LogP contribution in [0, 0.1) is 0 Å². The summed E-state index contributed by atoms with van der Waals surface area (Å²) >= 11 is 0.856. The van der Waals surface area contributed by atoms with Crippen LogP contribution in [0.25, 0.3) is 6.08 Å². The van der Waals surface area contributed by atoms with Crippen LogP contribution < -0.4 is 16.0 Å². The van der Waals surface area contributed by atoms with Crippen LogP contribution in [-0.2, 0) is 20.9 Å². The zero-order valence-electron chi connectivity index (χ0n) is 17.7. The van der Waals surface area contributed by atoms with Gasteiger partial charge in [0.1, 0.15) is 6.04 Å². The Balaban J connectivity index is 1.53. The summed E-state index contributed by atoms with van der Waals surface area (Å²) in [6.45, 7) is 0.464. The van der Waals surface area contributed by atoms with Gasteiger partial charge < -0.3 is 20.8 Å². The Bertz CT molecular complexity index is 1140. The Kier molecular flexibility index (Phi) is 8.04. The summed E-state index contributed by atoms with van der Waals surface area (Å²) in [5.41, 5.74) is 2.73. The first-order chi connectivity index (χ1) is 16.2. The van der Waals surface area contributed by atoms with E-state index in [-0.39, 0.29) is 18.4 Å². The van der Waals surface area contributed by atoms with Gasteiger partial charge in [0.15, 0.2) is 0 Å². The number of carboxylic acid groups (broad SMARTS) is 2. The molecule has 0 unspecified atom stereocenters. The standard InChI is InChI=1S/C23H21N3O7S/c27-19(28)10-9-17(22(31)32)25-20(29)15-5-1-14(2-6-15)12-24-16-7-3-13(4-8-16)11-18-21(30)26-23(33)34-18/h1-8,11,17,24H,9-10,12H2,(H,25,29)(H,27,28)(H,31,32)(H,26,30,33)/b18-11-/t17-/m1/s1. The van der Waals surface area contributed by atoms with E-state index in [0.717, 1.165) is 28.6 Å². The Hall–Kier alpha value is -4.12. The lowest BCUT2D eigenvalue weighted by Crippen LogP contribution is -2.41. The molecule has 0 aliphatic carbocycles. The molecule has 1 saturated heterocycles. The van der Waals surface area contributed by atoms with Gasteiger partial charge in [-0.25, -0.2) is 4.79 Å². The molecule has 176 valence electrons. The van der Waals surface area contributed by atoms with Crippen LogP contribution in [0.4, 0.5) is 10.5 Å². The Labute approximate surface area is 198 Å². The highest BCUT2D eigenvalue weighted by Crippen LogP contribution is 2.26. The highest BCUT2D eigenvalue weighted by Gasteiger charge is 2.25. The number of imide groups is 1. The van der Waals surface area contributed by atoms with Gasteiger partial charge in [0.2, 0.25) is 0 Å². The highest BCUT2D eigenvalue weighted by molar-refractivity contribution is 8.18. The number of rotatable bonds is 10. The third kappa shape index (κ3) is 6.94. The van der Waals surface area contributed by atoms with Gasteiger partial charge in [-0.3, -0.25) is 24.5 Å². The van der Waals surface area contributed by atoms with E-state index in [1.54, 1.807) is 30.3 Å². The summed E-state index contributed by atoms with van der Waals surface area (Å²) in [7, 11) is 0. The largest absolute Gasteiger partial charge is 0.481 e. The zero-order valence-corrected chi connectivity index (χ0v) is 18.6. The van der Waals surface area contributed by atoms with Gasteiger partial charge in [-0.15, -0.1) is 0 Å². The number of carboxylic acids is 2. The van der Waals surface area contributed by atoms with E-state index in [2.05, 4.69) is 16.0 Å². The van der Waals surface area contributed by atoms with Crippen molar-refractivity contribution in [1.29, 1.82) is 0 Å². The molecule has 11 heteroatoms. The first kappa shape index (κ1) is 24.5. The summed E-state index contributed by atoms with van der Waals surface area (Å²) in [6, 6.07) is 12.6. The van der Waals surface area contributed by atoms with Crippen LogP contribution in [0.1, 0.15) is 34.3 Å². The number of nitrogens with one attached hydrogen (secondary N) is 3. The van der Waals surface area contributed by atoms with Gasteiger partial charge in [-0.1, -0.05) is 24.3 Å². The minimum atomic E-state index is -1.30. The van der Waals surface area contributed by atoms with Gasteiger partial charge in [-0.2, -0.15) is 0 Å². The van der Waals surface area contributed by atoms with Crippen molar-refractivity contribution in [2.24, 2.45) is 0 Å². The maximum absolute atomic E-state index is 12.3. The third-order valence-electron chi connectivity index (χ3n) is 4.81.